The molecule has 1 unspecified atom stereocenters. The molecule has 0 aliphatic rings. The monoisotopic (exact) mass is 328 g/mol. The van der Waals surface area contributed by atoms with Crippen LogP contribution in [-0.4, -0.2) is 33.9 Å². The molecule has 128 valence electrons. The molecule has 1 atom stereocenters. The summed E-state index contributed by atoms with van der Waals surface area (Å²) in [6.45, 7) is 6.19. The minimum atomic E-state index is -0.530. The number of aliphatic hydroxyl groups is 1. The van der Waals surface area contributed by atoms with Crippen LogP contribution in [0.4, 0.5) is 11.5 Å². The van der Waals surface area contributed by atoms with E-state index in [9.17, 15) is 9.90 Å². The summed E-state index contributed by atoms with van der Waals surface area (Å²) in [6.07, 6.45) is 0.131. The summed E-state index contributed by atoms with van der Waals surface area (Å²) < 4.78 is 0. The van der Waals surface area contributed by atoms with Crippen LogP contribution in [0.2, 0.25) is 0 Å². The highest BCUT2D eigenvalue weighted by Crippen LogP contribution is 2.15. The van der Waals surface area contributed by atoms with Gasteiger partial charge in [-0.05, 0) is 49.6 Å². The zero-order valence-electron chi connectivity index (χ0n) is 14.3. The van der Waals surface area contributed by atoms with Crippen LogP contribution < -0.4 is 10.6 Å². The summed E-state index contributed by atoms with van der Waals surface area (Å²) in [4.78, 5) is 12.2. The number of rotatable bonds is 7. The van der Waals surface area contributed by atoms with E-state index in [1.54, 1.807) is 18.2 Å². The number of benzene rings is 1. The van der Waals surface area contributed by atoms with Crippen molar-refractivity contribution < 1.29 is 9.90 Å². The lowest BCUT2D eigenvalue weighted by atomic mass is 10.1. The number of carbonyl (C=O) groups is 1. The molecular weight excluding hydrogens is 304 g/mol. The predicted octanol–water partition coefficient (Wildman–Crippen LogP) is 2.67. The van der Waals surface area contributed by atoms with Gasteiger partial charge in [0.1, 0.15) is 0 Å². The molecule has 0 spiro atoms. The Kier molecular flexibility index (Phi) is 6.26. The Morgan fingerprint density at radius 3 is 2.67 bits per heavy atom. The highest BCUT2D eigenvalue weighted by Gasteiger charge is 2.11. The first kappa shape index (κ1) is 17.9. The van der Waals surface area contributed by atoms with Crippen molar-refractivity contribution in [1.82, 2.24) is 15.5 Å². The van der Waals surface area contributed by atoms with Crippen LogP contribution in [0.15, 0.2) is 36.4 Å². The summed E-state index contributed by atoms with van der Waals surface area (Å²) >= 11 is 0. The van der Waals surface area contributed by atoms with Crippen molar-refractivity contribution in [2.24, 2.45) is 5.92 Å². The van der Waals surface area contributed by atoms with Crippen LogP contribution >= 0.6 is 0 Å². The number of anilines is 2. The maximum atomic E-state index is 12.2. The molecule has 6 nitrogen and oxygen atoms in total. The molecule has 3 N–H and O–H groups in total. The van der Waals surface area contributed by atoms with Crippen LogP contribution in [0.1, 0.15) is 36.3 Å². The van der Waals surface area contributed by atoms with Gasteiger partial charge in [0.05, 0.1) is 11.8 Å². The summed E-state index contributed by atoms with van der Waals surface area (Å²) in [6, 6.07) is 10.8. The standard InChI is InChI=1S/C18H24N4O2/c1-12(2)9-16(23)11-19-18(24)14-5-4-6-15(10-14)20-17-8-7-13(3)21-22-17/h4-8,10,12,16,23H,9,11H2,1-3H3,(H,19,24)(H,20,22). The number of carbonyl (C=O) groups excluding carboxylic acids is 1. The molecule has 0 aliphatic heterocycles. The molecule has 0 radical (unpaired) electrons. The molecule has 1 aromatic heterocycles. The number of aliphatic hydroxyl groups excluding tert-OH is 1. The van der Waals surface area contributed by atoms with Crippen molar-refractivity contribution in [3.05, 3.63) is 47.7 Å². The molecular formula is C18H24N4O2. The zero-order chi connectivity index (χ0) is 17.5. The topological polar surface area (TPSA) is 87.1 Å². The van der Waals surface area contributed by atoms with Crippen LogP contribution in [0, 0.1) is 12.8 Å². The van der Waals surface area contributed by atoms with E-state index < -0.39 is 6.10 Å². The van der Waals surface area contributed by atoms with E-state index in [-0.39, 0.29) is 12.5 Å². The van der Waals surface area contributed by atoms with Gasteiger partial charge in [-0.25, -0.2) is 0 Å². The number of aryl methyl sites for hydroxylation is 1. The Bertz CT molecular complexity index is 671. The molecule has 0 bridgehead atoms. The van der Waals surface area contributed by atoms with Gasteiger partial charge in [0.25, 0.3) is 5.91 Å². The third-order valence-corrected chi connectivity index (χ3v) is 3.44. The van der Waals surface area contributed by atoms with Gasteiger partial charge in [0.2, 0.25) is 0 Å². The van der Waals surface area contributed by atoms with Gasteiger partial charge in [-0.1, -0.05) is 19.9 Å². The van der Waals surface area contributed by atoms with E-state index in [2.05, 4.69) is 20.8 Å². The lowest BCUT2D eigenvalue weighted by Gasteiger charge is -2.14. The maximum absolute atomic E-state index is 12.2. The molecule has 0 saturated carbocycles. The Morgan fingerprint density at radius 2 is 2.00 bits per heavy atom. The number of hydrogen-bond acceptors (Lipinski definition) is 5. The van der Waals surface area contributed by atoms with Gasteiger partial charge < -0.3 is 15.7 Å². The average molecular weight is 328 g/mol. The minimum absolute atomic E-state index is 0.212. The van der Waals surface area contributed by atoms with Gasteiger partial charge in [0.15, 0.2) is 5.82 Å². The highest BCUT2D eigenvalue weighted by atomic mass is 16.3. The molecule has 1 amide bonds. The smallest absolute Gasteiger partial charge is 0.251 e. The largest absolute Gasteiger partial charge is 0.391 e. The molecule has 1 aromatic carbocycles. The second-order valence-electron chi connectivity index (χ2n) is 6.26. The number of hydrogen-bond donors (Lipinski definition) is 3. The second kappa shape index (κ2) is 8.40. The Balaban J connectivity index is 1.96. The lowest BCUT2D eigenvalue weighted by Crippen LogP contribution is -2.32. The Morgan fingerprint density at radius 1 is 1.21 bits per heavy atom. The second-order valence-corrected chi connectivity index (χ2v) is 6.26. The lowest BCUT2D eigenvalue weighted by molar-refractivity contribution is 0.0900. The third kappa shape index (κ3) is 5.62. The minimum Gasteiger partial charge on any atom is -0.391 e. The van der Waals surface area contributed by atoms with Crippen molar-refractivity contribution in [3.8, 4) is 0 Å². The predicted molar refractivity (Wildman–Crippen MR) is 94.3 cm³/mol. The van der Waals surface area contributed by atoms with E-state index in [0.717, 1.165) is 11.4 Å². The quantitative estimate of drug-likeness (QED) is 0.727. The first-order valence-corrected chi connectivity index (χ1v) is 8.07. The van der Waals surface area contributed by atoms with E-state index in [4.69, 9.17) is 0 Å². The molecule has 6 heteroatoms. The number of aromatic nitrogens is 2. The summed E-state index contributed by atoms with van der Waals surface area (Å²) in [5.74, 6) is 0.794. The molecule has 0 fully saturated rings. The van der Waals surface area contributed by atoms with Gasteiger partial charge in [-0.3, -0.25) is 4.79 Å². The number of nitrogens with zero attached hydrogens (tertiary/aromatic N) is 2. The van der Waals surface area contributed by atoms with Gasteiger partial charge in [0, 0.05) is 17.8 Å². The molecule has 0 saturated heterocycles. The SMILES string of the molecule is Cc1ccc(Nc2cccc(C(=O)NCC(O)CC(C)C)c2)nn1. The summed E-state index contributed by atoms with van der Waals surface area (Å²) in [5.41, 5.74) is 2.12. The van der Waals surface area contributed by atoms with Crippen molar-refractivity contribution >= 4 is 17.4 Å². The van der Waals surface area contributed by atoms with Crippen LogP contribution in [0.5, 0.6) is 0 Å². The summed E-state index contributed by atoms with van der Waals surface area (Å²) in [5, 5.41) is 23.7. The Hall–Kier alpha value is -2.47. The normalized spacial score (nSPS) is 12.0. The van der Waals surface area contributed by atoms with Crippen molar-refractivity contribution in [2.75, 3.05) is 11.9 Å². The van der Waals surface area contributed by atoms with Crippen LogP contribution in [0.3, 0.4) is 0 Å². The molecule has 24 heavy (non-hydrogen) atoms. The maximum Gasteiger partial charge on any atom is 0.251 e. The number of amides is 1. The molecule has 1 heterocycles. The average Bonchev–Trinajstić information content (AvgIpc) is 2.54. The molecule has 0 aliphatic carbocycles. The first-order chi connectivity index (χ1) is 11.4. The molecule has 2 rings (SSSR count). The highest BCUT2D eigenvalue weighted by molar-refractivity contribution is 5.95. The van der Waals surface area contributed by atoms with Crippen molar-refractivity contribution in [1.29, 1.82) is 0 Å². The fourth-order valence-corrected chi connectivity index (χ4v) is 2.29. The van der Waals surface area contributed by atoms with Gasteiger partial charge in [-0.15, -0.1) is 5.10 Å². The van der Waals surface area contributed by atoms with E-state index >= 15 is 0 Å². The zero-order valence-corrected chi connectivity index (χ0v) is 14.3. The first-order valence-electron chi connectivity index (χ1n) is 8.07. The van der Waals surface area contributed by atoms with Gasteiger partial charge in [-0.2, -0.15) is 5.10 Å². The van der Waals surface area contributed by atoms with E-state index in [0.29, 0.717) is 23.7 Å². The van der Waals surface area contributed by atoms with Crippen LogP contribution in [-0.2, 0) is 0 Å². The van der Waals surface area contributed by atoms with E-state index in [1.807, 2.05) is 39.0 Å². The van der Waals surface area contributed by atoms with E-state index in [1.165, 1.54) is 0 Å². The third-order valence-electron chi connectivity index (χ3n) is 3.44. The van der Waals surface area contributed by atoms with Crippen molar-refractivity contribution in [3.63, 3.8) is 0 Å². The number of nitrogens with one attached hydrogen (secondary N) is 2. The summed E-state index contributed by atoms with van der Waals surface area (Å²) in [7, 11) is 0. The van der Waals surface area contributed by atoms with Gasteiger partial charge >= 0.3 is 0 Å². The Labute approximate surface area is 142 Å². The van der Waals surface area contributed by atoms with Crippen LogP contribution in [0.25, 0.3) is 0 Å². The fourth-order valence-electron chi connectivity index (χ4n) is 2.29. The molecule has 2 aromatic rings. The van der Waals surface area contributed by atoms with Crippen molar-refractivity contribution in [2.45, 2.75) is 33.3 Å². The fraction of sp³-hybridized carbons (Fsp3) is 0.389.